The molecule has 0 aliphatic carbocycles. The van der Waals surface area contributed by atoms with Crippen molar-refractivity contribution in [3.05, 3.63) is 35.9 Å². The van der Waals surface area contributed by atoms with E-state index in [0.717, 1.165) is 23.5 Å². The van der Waals surface area contributed by atoms with Crippen molar-refractivity contribution in [3.8, 4) is 11.5 Å². The molecule has 18 heavy (non-hydrogen) atoms. The highest BCUT2D eigenvalue weighted by molar-refractivity contribution is 5.59. The van der Waals surface area contributed by atoms with E-state index < -0.39 is 6.16 Å². The highest BCUT2D eigenvalue weighted by Gasteiger charge is 2.12. The smallest absolute Gasteiger partial charge is 0.454 e. The number of methoxy groups -OCH3 is 1. The van der Waals surface area contributed by atoms with Crippen LogP contribution in [0.3, 0.4) is 0 Å². The molecular formula is C13H14O5. The van der Waals surface area contributed by atoms with Gasteiger partial charge in [0.2, 0.25) is 6.79 Å². The van der Waals surface area contributed by atoms with Crippen LogP contribution in [0.2, 0.25) is 0 Å². The number of ether oxygens (including phenoxy) is 4. The fourth-order valence-electron chi connectivity index (χ4n) is 1.53. The number of fused-ring (bicyclic) bond motifs is 1. The summed E-state index contributed by atoms with van der Waals surface area (Å²) in [6.07, 6.45) is 3.74. The van der Waals surface area contributed by atoms with E-state index in [1.54, 1.807) is 6.08 Å². The van der Waals surface area contributed by atoms with E-state index in [0.29, 0.717) is 0 Å². The van der Waals surface area contributed by atoms with Crippen LogP contribution in [0.25, 0.3) is 0 Å². The Morgan fingerprint density at radius 3 is 3.00 bits per heavy atom. The van der Waals surface area contributed by atoms with Gasteiger partial charge in [0, 0.05) is 0 Å². The first-order valence-corrected chi connectivity index (χ1v) is 5.54. The van der Waals surface area contributed by atoms with Gasteiger partial charge < -0.3 is 18.9 Å². The molecule has 0 saturated carbocycles. The van der Waals surface area contributed by atoms with E-state index in [2.05, 4.69) is 4.74 Å². The van der Waals surface area contributed by atoms with Crippen molar-refractivity contribution < 1.29 is 23.7 Å². The number of rotatable bonds is 4. The Balaban J connectivity index is 1.80. The molecule has 0 spiro atoms. The van der Waals surface area contributed by atoms with E-state index in [-0.39, 0.29) is 13.4 Å². The zero-order valence-electron chi connectivity index (χ0n) is 10.0. The monoisotopic (exact) mass is 250 g/mol. The zero-order chi connectivity index (χ0) is 12.8. The third kappa shape index (κ3) is 3.16. The Morgan fingerprint density at radius 2 is 2.17 bits per heavy atom. The van der Waals surface area contributed by atoms with E-state index in [1.165, 1.54) is 7.11 Å². The highest BCUT2D eigenvalue weighted by atomic mass is 16.7. The van der Waals surface area contributed by atoms with Crippen molar-refractivity contribution >= 4 is 6.16 Å². The van der Waals surface area contributed by atoms with Crippen LogP contribution < -0.4 is 9.47 Å². The fourth-order valence-corrected chi connectivity index (χ4v) is 1.53. The Morgan fingerprint density at radius 1 is 1.33 bits per heavy atom. The summed E-state index contributed by atoms with van der Waals surface area (Å²) in [5, 5.41) is 0. The minimum Gasteiger partial charge on any atom is -0.454 e. The molecule has 5 heteroatoms. The maximum Gasteiger partial charge on any atom is 0.508 e. The van der Waals surface area contributed by atoms with Crippen molar-refractivity contribution in [1.29, 1.82) is 0 Å². The molecule has 0 N–H and O–H groups in total. The third-order valence-electron chi connectivity index (χ3n) is 2.42. The molecule has 1 aliphatic rings. The molecule has 1 heterocycles. The molecule has 2 rings (SSSR count). The summed E-state index contributed by atoms with van der Waals surface area (Å²) in [5.41, 5.74) is 1.11. The van der Waals surface area contributed by atoms with E-state index in [1.807, 2.05) is 24.3 Å². The quantitative estimate of drug-likeness (QED) is 0.606. The van der Waals surface area contributed by atoms with E-state index in [4.69, 9.17) is 14.2 Å². The molecule has 1 aromatic rings. The topological polar surface area (TPSA) is 54.0 Å². The first kappa shape index (κ1) is 12.3. The molecule has 0 amide bonds. The lowest BCUT2D eigenvalue weighted by Crippen LogP contribution is -2.03. The minimum absolute atomic E-state index is 0.206. The molecule has 5 nitrogen and oxygen atoms in total. The molecule has 0 aromatic heterocycles. The lowest BCUT2D eigenvalue weighted by Gasteiger charge is -2.00. The fraction of sp³-hybridized carbons (Fsp3) is 0.308. The predicted octanol–water partition coefficient (Wildman–Crippen LogP) is 2.30. The molecular weight excluding hydrogens is 236 g/mol. The van der Waals surface area contributed by atoms with Crippen LogP contribution in [0.15, 0.2) is 30.4 Å². The van der Waals surface area contributed by atoms with Crippen LogP contribution in [-0.4, -0.2) is 26.7 Å². The van der Waals surface area contributed by atoms with Gasteiger partial charge in [0.1, 0.15) is 6.61 Å². The predicted molar refractivity (Wildman–Crippen MR) is 63.8 cm³/mol. The molecule has 0 atom stereocenters. The lowest BCUT2D eigenvalue weighted by atomic mass is 10.1. The average molecular weight is 250 g/mol. The highest BCUT2D eigenvalue weighted by Crippen LogP contribution is 2.32. The Kier molecular flexibility index (Phi) is 4.06. The van der Waals surface area contributed by atoms with Gasteiger partial charge >= 0.3 is 6.16 Å². The molecule has 1 aliphatic heterocycles. The maximum absolute atomic E-state index is 10.7. The molecule has 0 saturated heterocycles. The Hall–Kier alpha value is -2.17. The first-order valence-electron chi connectivity index (χ1n) is 5.54. The van der Waals surface area contributed by atoms with Crippen LogP contribution in [0, 0.1) is 0 Å². The normalized spacial score (nSPS) is 12.7. The number of hydrogen-bond acceptors (Lipinski definition) is 5. The van der Waals surface area contributed by atoms with E-state index in [9.17, 15) is 4.79 Å². The van der Waals surface area contributed by atoms with Crippen LogP contribution in [0.5, 0.6) is 11.5 Å². The van der Waals surface area contributed by atoms with Gasteiger partial charge in [-0.1, -0.05) is 18.2 Å². The summed E-state index contributed by atoms with van der Waals surface area (Å²) in [7, 11) is 1.28. The van der Waals surface area contributed by atoms with E-state index >= 15 is 0 Å². The molecule has 0 unspecified atom stereocenters. The molecule has 96 valence electrons. The number of allylic oxidation sites excluding steroid dienone is 1. The second kappa shape index (κ2) is 5.95. The number of hydrogen-bond donors (Lipinski definition) is 0. The second-order valence-electron chi connectivity index (χ2n) is 3.63. The van der Waals surface area contributed by atoms with Gasteiger partial charge in [-0.05, 0) is 24.1 Å². The third-order valence-corrected chi connectivity index (χ3v) is 2.42. The van der Waals surface area contributed by atoms with Crippen LogP contribution >= 0.6 is 0 Å². The summed E-state index contributed by atoms with van der Waals surface area (Å²) < 4.78 is 19.6. The van der Waals surface area contributed by atoms with Crippen LogP contribution in [0.4, 0.5) is 4.79 Å². The standard InChI is InChI=1S/C13H14O5/c1-15-13(14)16-7-3-2-4-10-5-6-11-12(8-10)18-9-17-11/h2-3,5-6,8H,4,7,9H2,1H3. The summed E-state index contributed by atoms with van der Waals surface area (Å²) >= 11 is 0. The van der Waals surface area contributed by atoms with Crippen molar-refractivity contribution in [1.82, 2.24) is 0 Å². The summed E-state index contributed by atoms with van der Waals surface area (Å²) in [6.45, 7) is 0.485. The second-order valence-corrected chi connectivity index (χ2v) is 3.63. The van der Waals surface area contributed by atoms with Crippen LogP contribution in [0.1, 0.15) is 5.56 Å². The Bertz CT molecular complexity index is 453. The van der Waals surface area contributed by atoms with Gasteiger partial charge in [-0.25, -0.2) is 4.79 Å². The SMILES string of the molecule is COC(=O)OCC=CCc1ccc2c(c1)OCO2. The number of benzene rings is 1. The van der Waals surface area contributed by atoms with Crippen molar-refractivity contribution in [2.75, 3.05) is 20.5 Å². The van der Waals surface area contributed by atoms with Crippen molar-refractivity contribution in [2.24, 2.45) is 0 Å². The Labute approximate surface area is 105 Å². The van der Waals surface area contributed by atoms with Gasteiger partial charge in [-0.15, -0.1) is 0 Å². The lowest BCUT2D eigenvalue weighted by molar-refractivity contribution is 0.0818. The number of carbonyl (C=O) groups excluding carboxylic acids is 1. The maximum atomic E-state index is 10.7. The largest absolute Gasteiger partial charge is 0.508 e. The molecule has 0 bridgehead atoms. The summed E-state index contributed by atoms with van der Waals surface area (Å²) in [5.74, 6) is 1.54. The van der Waals surface area contributed by atoms with Crippen LogP contribution in [-0.2, 0) is 15.9 Å². The first-order chi connectivity index (χ1) is 8.79. The van der Waals surface area contributed by atoms with Crippen molar-refractivity contribution in [2.45, 2.75) is 6.42 Å². The van der Waals surface area contributed by atoms with Gasteiger partial charge in [0.15, 0.2) is 11.5 Å². The zero-order valence-corrected chi connectivity index (χ0v) is 10.0. The van der Waals surface area contributed by atoms with Gasteiger partial charge in [-0.3, -0.25) is 0 Å². The molecule has 0 radical (unpaired) electrons. The van der Waals surface area contributed by atoms with Gasteiger partial charge in [0.05, 0.1) is 7.11 Å². The average Bonchev–Trinajstić information content (AvgIpc) is 2.85. The minimum atomic E-state index is -0.678. The summed E-state index contributed by atoms with van der Waals surface area (Å²) in [6, 6.07) is 5.79. The molecule has 0 fully saturated rings. The van der Waals surface area contributed by atoms with Crippen molar-refractivity contribution in [3.63, 3.8) is 0 Å². The molecule has 1 aromatic carbocycles. The van der Waals surface area contributed by atoms with Gasteiger partial charge in [-0.2, -0.15) is 0 Å². The summed E-state index contributed by atoms with van der Waals surface area (Å²) in [4.78, 5) is 10.7. The number of carbonyl (C=O) groups is 1. The van der Waals surface area contributed by atoms with Gasteiger partial charge in [0.25, 0.3) is 0 Å².